The molecule has 1 atom stereocenters. The van der Waals surface area contributed by atoms with Gasteiger partial charge in [-0.15, -0.1) is 0 Å². The smallest absolute Gasteiger partial charge is 0.223 e. The van der Waals surface area contributed by atoms with Crippen LogP contribution in [0.5, 0.6) is 0 Å². The van der Waals surface area contributed by atoms with Crippen molar-refractivity contribution in [2.45, 2.75) is 19.3 Å². The summed E-state index contributed by atoms with van der Waals surface area (Å²) in [5.41, 5.74) is 4.27. The Balaban J connectivity index is 1.38. The van der Waals surface area contributed by atoms with Gasteiger partial charge in [0.25, 0.3) is 0 Å². The van der Waals surface area contributed by atoms with Crippen molar-refractivity contribution >= 4 is 28.8 Å². The van der Waals surface area contributed by atoms with Crippen molar-refractivity contribution in [2.75, 3.05) is 31.1 Å². The molecule has 174 valence electrons. The number of aryl methyl sites for hydroxylation is 1. The zero-order valence-electron chi connectivity index (χ0n) is 19.0. The molecule has 1 amide bonds. The average molecular weight is 477 g/mol. The van der Waals surface area contributed by atoms with Gasteiger partial charge in [0.05, 0.1) is 5.69 Å². The molecule has 7 heteroatoms. The van der Waals surface area contributed by atoms with E-state index in [-0.39, 0.29) is 18.1 Å². The highest BCUT2D eigenvalue weighted by atomic mass is 35.5. The fourth-order valence-electron chi connectivity index (χ4n) is 4.68. The number of amides is 1. The van der Waals surface area contributed by atoms with Gasteiger partial charge in [-0.05, 0) is 54.4 Å². The van der Waals surface area contributed by atoms with E-state index >= 15 is 0 Å². The molecule has 1 fully saturated rings. The van der Waals surface area contributed by atoms with Gasteiger partial charge < -0.3 is 14.2 Å². The molecule has 0 saturated carbocycles. The second-order valence-corrected chi connectivity index (χ2v) is 9.18. The van der Waals surface area contributed by atoms with Gasteiger partial charge in [-0.3, -0.25) is 4.79 Å². The lowest BCUT2D eigenvalue weighted by molar-refractivity contribution is -0.131. The molecule has 5 rings (SSSR count). The van der Waals surface area contributed by atoms with Crippen molar-refractivity contribution in [3.63, 3.8) is 0 Å². The molecule has 0 bridgehead atoms. The van der Waals surface area contributed by atoms with E-state index in [2.05, 4.69) is 9.88 Å². The summed E-state index contributed by atoms with van der Waals surface area (Å²) in [5.74, 6) is -0.730. The number of carbonyl (C=O) groups excluding carboxylic acids is 1. The summed E-state index contributed by atoms with van der Waals surface area (Å²) in [4.78, 5) is 22.0. The lowest BCUT2D eigenvalue weighted by Gasteiger charge is -2.36. The van der Waals surface area contributed by atoms with Crippen LogP contribution in [0.2, 0.25) is 5.02 Å². The van der Waals surface area contributed by atoms with Gasteiger partial charge in [0.15, 0.2) is 0 Å². The third kappa shape index (κ3) is 4.50. The molecule has 1 unspecified atom stereocenters. The highest BCUT2D eigenvalue weighted by molar-refractivity contribution is 6.30. The Morgan fingerprint density at radius 1 is 1.06 bits per heavy atom. The van der Waals surface area contributed by atoms with E-state index in [1.807, 2.05) is 64.9 Å². The predicted molar refractivity (Wildman–Crippen MR) is 133 cm³/mol. The minimum absolute atomic E-state index is 0.0149. The molecule has 2 aromatic carbocycles. The predicted octanol–water partition coefficient (Wildman–Crippen LogP) is 5.31. The largest absolute Gasteiger partial charge is 0.368 e. The van der Waals surface area contributed by atoms with Crippen LogP contribution in [0, 0.1) is 12.7 Å². The monoisotopic (exact) mass is 476 g/mol. The van der Waals surface area contributed by atoms with Crippen molar-refractivity contribution in [1.29, 1.82) is 0 Å². The number of piperazine rings is 1. The van der Waals surface area contributed by atoms with E-state index in [9.17, 15) is 9.18 Å². The molecule has 2 aromatic heterocycles. The van der Waals surface area contributed by atoms with Gasteiger partial charge in [0.1, 0.15) is 11.5 Å². The Morgan fingerprint density at radius 2 is 1.85 bits per heavy atom. The number of carbonyl (C=O) groups is 1. The zero-order chi connectivity index (χ0) is 23.7. The summed E-state index contributed by atoms with van der Waals surface area (Å²) in [6.07, 6.45) is 3.88. The molecule has 0 N–H and O–H groups in total. The Hall–Kier alpha value is -3.38. The summed E-state index contributed by atoms with van der Waals surface area (Å²) in [5, 5.41) is 0.701. The Labute approximate surface area is 203 Å². The van der Waals surface area contributed by atoms with Crippen LogP contribution in [0.1, 0.15) is 29.2 Å². The van der Waals surface area contributed by atoms with Crippen molar-refractivity contribution in [2.24, 2.45) is 0 Å². The molecular weight excluding hydrogens is 451 g/mol. The van der Waals surface area contributed by atoms with Crippen LogP contribution < -0.4 is 4.90 Å². The number of pyridine rings is 1. The van der Waals surface area contributed by atoms with Crippen LogP contribution in [0.4, 0.5) is 10.1 Å². The molecule has 3 heterocycles. The Morgan fingerprint density at radius 3 is 2.62 bits per heavy atom. The number of halogens is 2. The maximum absolute atomic E-state index is 14.9. The van der Waals surface area contributed by atoms with Gasteiger partial charge in [-0.1, -0.05) is 35.9 Å². The lowest BCUT2D eigenvalue weighted by Crippen LogP contribution is -2.49. The van der Waals surface area contributed by atoms with Gasteiger partial charge in [0.2, 0.25) is 5.91 Å². The molecule has 1 aliphatic heterocycles. The molecule has 1 saturated heterocycles. The molecular formula is C27H26ClFN4O. The first kappa shape index (κ1) is 22.4. The fraction of sp³-hybridized carbons (Fsp3) is 0.259. The van der Waals surface area contributed by atoms with Crippen LogP contribution in [0.15, 0.2) is 73.1 Å². The van der Waals surface area contributed by atoms with Crippen molar-refractivity contribution < 1.29 is 9.18 Å². The quantitative estimate of drug-likeness (QED) is 0.392. The third-order valence-corrected chi connectivity index (χ3v) is 6.75. The molecule has 0 radical (unpaired) electrons. The highest BCUT2D eigenvalue weighted by Crippen LogP contribution is 2.32. The average Bonchev–Trinajstić information content (AvgIpc) is 3.26. The van der Waals surface area contributed by atoms with Gasteiger partial charge >= 0.3 is 0 Å². The molecule has 0 spiro atoms. The topological polar surface area (TPSA) is 40.9 Å². The summed E-state index contributed by atoms with van der Waals surface area (Å²) in [6.45, 7) is 4.69. The Kier molecular flexibility index (Phi) is 6.24. The molecule has 34 heavy (non-hydrogen) atoms. The summed E-state index contributed by atoms with van der Waals surface area (Å²) < 4.78 is 16.8. The zero-order valence-corrected chi connectivity index (χ0v) is 19.8. The van der Waals surface area contributed by atoms with E-state index in [1.165, 1.54) is 6.07 Å². The Bertz CT molecular complexity index is 1330. The standard InChI is InChI=1S/C27H26ClFN4O/c1-19-9-10-33-25(18-30-26(33)15-19)23(22-7-2-3-8-24(22)29)17-27(34)32-13-11-31(12-14-32)21-6-4-5-20(28)16-21/h2-10,15-16,18,23H,11-14,17H2,1H3. The van der Waals surface area contributed by atoms with Crippen molar-refractivity contribution in [3.8, 4) is 0 Å². The number of hydrogen-bond donors (Lipinski definition) is 0. The van der Waals surface area contributed by atoms with Crippen LogP contribution in [-0.4, -0.2) is 46.4 Å². The van der Waals surface area contributed by atoms with Crippen LogP contribution in [0.3, 0.4) is 0 Å². The number of imidazole rings is 1. The summed E-state index contributed by atoms with van der Waals surface area (Å²) in [7, 11) is 0. The first-order valence-corrected chi connectivity index (χ1v) is 11.8. The van der Waals surface area contributed by atoms with Crippen molar-refractivity contribution in [1.82, 2.24) is 14.3 Å². The fourth-order valence-corrected chi connectivity index (χ4v) is 4.87. The minimum Gasteiger partial charge on any atom is -0.368 e. The summed E-state index contributed by atoms with van der Waals surface area (Å²) >= 11 is 6.14. The van der Waals surface area contributed by atoms with E-state index in [0.29, 0.717) is 23.7 Å². The van der Waals surface area contributed by atoms with Gasteiger partial charge in [-0.2, -0.15) is 0 Å². The number of nitrogens with zero attached hydrogens (tertiary/aromatic N) is 4. The second-order valence-electron chi connectivity index (χ2n) is 8.74. The van der Waals surface area contributed by atoms with E-state index in [1.54, 1.807) is 18.3 Å². The number of anilines is 1. The molecule has 0 aliphatic carbocycles. The maximum Gasteiger partial charge on any atom is 0.223 e. The number of aromatic nitrogens is 2. The number of benzene rings is 2. The number of hydrogen-bond acceptors (Lipinski definition) is 3. The van der Waals surface area contributed by atoms with Crippen molar-refractivity contribution in [3.05, 3.63) is 101 Å². The van der Waals surface area contributed by atoms with Gasteiger partial charge in [0, 0.05) is 61.6 Å². The lowest BCUT2D eigenvalue weighted by atomic mass is 9.91. The van der Waals surface area contributed by atoms with Crippen LogP contribution >= 0.6 is 11.6 Å². The van der Waals surface area contributed by atoms with Crippen LogP contribution in [0.25, 0.3) is 5.65 Å². The second kappa shape index (κ2) is 9.47. The van der Waals surface area contributed by atoms with E-state index in [4.69, 9.17) is 11.6 Å². The number of fused-ring (bicyclic) bond motifs is 1. The first-order valence-electron chi connectivity index (χ1n) is 11.5. The molecule has 4 aromatic rings. The van der Waals surface area contributed by atoms with E-state index < -0.39 is 5.92 Å². The normalized spacial score (nSPS) is 15.0. The van der Waals surface area contributed by atoms with Gasteiger partial charge in [-0.25, -0.2) is 9.37 Å². The number of rotatable bonds is 5. The third-order valence-electron chi connectivity index (χ3n) is 6.52. The first-order chi connectivity index (χ1) is 16.5. The SMILES string of the molecule is Cc1ccn2c(C(CC(=O)N3CCN(c4cccc(Cl)c4)CC3)c3ccccc3F)cnc2c1. The molecule has 5 nitrogen and oxygen atoms in total. The maximum atomic E-state index is 14.9. The van der Waals surface area contributed by atoms with Crippen LogP contribution in [-0.2, 0) is 4.79 Å². The minimum atomic E-state index is -0.433. The van der Waals surface area contributed by atoms with E-state index in [0.717, 1.165) is 35.7 Å². The highest BCUT2D eigenvalue weighted by Gasteiger charge is 2.28. The summed E-state index contributed by atoms with van der Waals surface area (Å²) in [6, 6.07) is 18.4. The molecule has 1 aliphatic rings.